The van der Waals surface area contributed by atoms with Crippen LogP contribution in [0, 0.1) is 5.92 Å². The molecule has 0 heterocycles. The summed E-state index contributed by atoms with van der Waals surface area (Å²) in [7, 11) is 0. The molecule has 0 aromatic heterocycles. The summed E-state index contributed by atoms with van der Waals surface area (Å²) >= 11 is 1.40. The van der Waals surface area contributed by atoms with Gasteiger partial charge in [0.15, 0.2) is 0 Å². The zero-order chi connectivity index (χ0) is 12.0. The average Bonchev–Trinajstić information content (AvgIpc) is 2.13. The third-order valence-corrected chi connectivity index (χ3v) is 2.78. The third kappa shape index (κ3) is 5.11. The maximum Gasteiger partial charge on any atom is 0.261 e. The van der Waals surface area contributed by atoms with Crippen molar-refractivity contribution in [2.75, 3.05) is 6.54 Å². The summed E-state index contributed by atoms with van der Waals surface area (Å²) in [6.45, 7) is 10.2. The Hall–Kier alpha value is -0.640. The molecule has 0 fully saturated rings. The van der Waals surface area contributed by atoms with E-state index in [-0.39, 0.29) is 22.8 Å². The van der Waals surface area contributed by atoms with Crippen molar-refractivity contribution in [3.63, 3.8) is 0 Å². The first-order chi connectivity index (χ1) is 6.90. The van der Waals surface area contributed by atoms with Crippen LogP contribution >= 0.6 is 11.8 Å². The Bertz CT molecular complexity index is 247. The number of amides is 1. The van der Waals surface area contributed by atoms with Gasteiger partial charge >= 0.3 is 0 Å². The minimum atomic E-state index is -0.178. The van der Waals surface area contributed by atoms with Gasteiger partial charge in [-0.2, -0.15) is 0 Å². The van der Waals surface area contributed by atoms with Gasteiger partial charge in [0, 0.05) is 17.7 Å². The van der Waals surface area contributed by atoms with Crippen LogP contribution in [0.2, 0.25) is 0 Å². The molecule has 0 aliphatic carbocycles. The van der Waals surface area contributed by atoms with E-state index >= 15 is 0 Å². The highest BCUT2D eigenvalue weighted by atomic mass is 32.2. The highest BCUT2D eigenvalue weighted by molar-refractivity contribution is 8.04. The van der Waals surface area contributed by atoms with E-state index in [1.54, 1.807) is 0 Å². The number of rotatable bonds is 5. The Labute approximate surface area is 96.3 Å². The molecular weight excluding hydrogens is 210 g/mol. The lowest BCUT2D eigenvalue weighted by molar-refractivity contribution is -0.116. The van der Waals surface area contributed by atoms with E-state index in [2.05, 4.69) is 5.32 Å². The lowest BCUT2D eigenvalue weighted by Gasteiger charge is -2.14. The van der Waals surface area contributed by atoms with Crippen LogP contribution < -0.4 is 5.32 Å². The van der Waals surface area contributed by atoms with Crippen molar-refractivity contribution in [2.24, 2.45) is 5.92 Å². The molecule has 1 amide bonds. The Morgan fingerprint density at radius 2 is 1.87 bits per heavy atom. The lowest BCUT2D eigenvalue weighted by atomic mass is 10.1. The number of carbonyl (C=O) groups excluding carboxylic acids is 1. The summed E-state index contributed by atoms with van der Waals surface area (Å²) in [6, 6.07) is 0. The predicted molar refractivity (Wildman–Crippen MR) is 65.9 cm³/mol. The molecule has 0 aromatic carbocycles. The molecule has 0 aliphatic heterocycles. The summed E-state index contributed by atoms with van der Waals surface area (Å²) in [5.41, 5.74) is 0. The summed E-state index contributed by atoms with van der Waals surface area (Å²) in [5.74, 6) is -0.0177. The number of carbonyl (C=O) groups is 1. The molecule has 0 saturated heterocycles. The van der Waals surface area contributed by atoms with Gasteiger partial charge in [-0.3, -0.25) is 4.79 Å². The van der Waals surface area contributed by atoms with Crippen molar-refractivity contribution in [1.29, 1.82) is 0 Å². The standard InChI is InChI=1S/C11H21NO2S/c1-6-12-11(14)10(15-8(4)5)9(13)7(2)3/h7-8,13H,6H2,1-5H3,(H,12,14)/b10-9+. The number of allylic oxidation sites excluding steroid dienone is 1. The average molecular weight is 231 g/mol. The molecule has 0 aromatic rings. The van der Waals surface area contributed by atoms with Gasteiger partial charge in [-0.15, -0.1) is 11.8 Å². The smallest absolute Gasteiger partial charge is 0.261 e. The second-order valence-corrected chi connectivity index (χ2v) is 5.48. The molecule has 4 heteroatoms. The van der Waals surface area contributed by atoms with Gasteiger partial charge in [-0.25, -0.2) is 0 Å². The topological polar surface area (TPSA) is 49.3 Å². The zero-order valence-electron chi connectivity index (χ0n) is 10.1. The molecule has 0 rings (SSSR count). The largest absolute Gasteiger partial charge is 0.511 e. The molecule has 2 N–H and O–H groups in total. The van der Waals surface area contributed by atoms with E-state index < -0.39 is 0 Å². The Kier molecular flexibility index (Phi) is 6.48. The number of aliphatic hydroxyl groups excluding tert-OH is 1. The first-order valence-electron chi connectivity index (χ1n) is 5.28. The van der Waals surface area contributed by atoms with E-state index in [1.807, 2.05) is 34.6 Å². The minimum absolute atomic E-state index is 0.0196. The fourth-order valence-corrected chi connectivity index (χ4v) is 1.98. The molecule has 88 valence electrons. The van der Waals surface area contributed by atoms with E-state index in [4.69, 9.17) is 0 Å². The van der Waals surface area contributed by atoms with E-state index in [0.29, 0.717) is 11.4 Å². The first-order valence-corrected chi connectivity index (χ1v) is 6.16. The van der Waals surface area contributed by atoms with Crippen LogP contribution in [0.5, 0.6) is 0 Å². The molecule has 0 radical (unpaired) electrons. The van der Waals surface area contributed by atoms with E-state index in [1.165, 1.54) is 11.8 Å². The summed E-state index contributed by atoms with van der Waals surface area (Å²) in [6.07, 6.45) is 0. The summed E-state index contributed by atoms with van der Waals surface area (Å²) in [4.78, 5) is 12.1. The van der Waals surface area contributed by atoms with Crippen molar-refractivity contribution in [1.82, 2.24) is 5.32 Å². The normalized spacial score (nSPS) is 13.0. The Morgan fingerprint density at radius 3 is 2.20 bits per heavy atom. The number of hydrogen-bond acceptors (Lipinski definition) is 3. The van der Waals surface area contributed by atoms with Gasteiger partial charge < -0.3 is 10.4 Å². The van der Waals surface area contributed by atoms with Gasteiger partial charge in [0.25, 0.3) is 5.91 Å². The number of likely N-dealkylation sites (N-methyl/N-ethyl adjacent to an activating group) is 1. The van der Waals surface area contributed by atoms with Crippen LogP contribution in [0.15, 0.2) is 10.7 Å². The molecule has 0 saturated carbocycles. The first kappa shape index (κ1) is 14.4. The Balaban J connectivity index is 4.87. The molecule has 0 unspecified atom stereocenters. The molecule has 0 atom stereocenters. The fourth-order valence-electron chi connectivity index (χ4n) is 0.969. The molecule has 0 spiro atoms. The second kappa shape index (κ2) is 6.77. The van der Waals surface area contributed by atoms with Crippen molar-refractivity contribution in [2.45, 2.75) is 39.9 Å². The molecular formula is C11H21NO2S. The SMILES string of the molecule is CCNC(=O)/C(SC(C)C)=C(\O)C(C)C. The number of thioether (sulfide) groups is 1. The van der Waals surface area contributed by atoms with Crippen LogP contribution in [0.4, 0.5) is 0 Å². The third-order valence-electron chi connectivity index (χ3n) is 1.68. The zero-order valence-corrected chi connectivity index (χ0v) is 10.9. The lowest BCUT2D eigenvalue weighted by Crippen LogP contribution is -2.25. The van der Waals surface area contributed by atoms with Crippen molar-refractivity contribution < 1.29 is 9.90 Å². The van der Waals surface area contributed by atoms with Crippen molar-refractivity contribution in [3.8, 4) is 0 Å². The van der Waals surface area contributed by atoms with Gasteiger partial charge in [-0.1, -0.05) is 27.7 Å². The number of nitrogens with one attached hydrogen (secondary N) is 1. The van der Waals surface area contributed by atoms with Crippen LogP contribution in [-0.2, 0) is 4.79 Å². The summed E-state index contributed by atoms with van der Waals surface area (Å²) < 4.78 is 0. The quantitative estimate of drug-likeness (QED) is 0.565. The summed E-state index contributed by atoms with van der Waals surface area (Å²) in [5, 5.41) is 12.8. The van der Waals surface area contributed by atoms with Gasteiger partial charge in [0.05, 0.1) is 0 Å². The molecule has 15 heavy (non-hydrogen) atoms. The van der Waals surface area contributed by atoms with Crippen molar-refractivity contribution in [3.05, 3.63) is 10.7 Å². The van der Waals surface area contributed by atoms with Gasteiger partial charge in [-0.05, 0) is 6.92 Å². The maximum absolute atomic E-state index is 11.7. The van der Waals surface area contributed by atoms with Crippen LogP contribution in [-0.4, -0.2) is 22.8 Å². The minimum Gasteiger partial charge on any atom is -0.511 e. The highest BCUT2D eigenvalue weighted by Gasteiger charge is 2.18. The monoisotopic (exact) mass is 231 g/mol. The Morgan fingerprint density at radius 1 is 1.33 bits per heavy atom. The van der Waals surface area contributed by atoms with Crippen molar-refractivity contribution >= 4 is 17.7 Å². The van der Waals surface area contributed by atoms with Crippen LogP contribution in [0.1, 0.15) is 34.6 Å². The van der Waals surface area contributed by atoms with Crippen LogP contribution in [0.25, 0.3) is 0 Å². The number of aliphatic hydroxyl groups is 1. The fraction of sp³-hybridized carbons (Fsp3) is 0.727. The van der Waals surface area contributed by atoms with E-state index in [0.717, 1.165) is 0 Å². The molecule has 3 nitrogen and oxygen atoms in total. The highest BCUT2D eigenvalue weighted by Crippen LogP contribution is 2.26. The second-order valence-electron chi connectivity index (χ2n) is 3.90. The predicted octanol–water partition coefficient (Wildman–Crippen LogP) is 2.69. The number of hydrogen-bond donors (Lipinski definition) is 2. The van der Waals surface area contributed by atoms with E-state index in [9.17, 15) is 9.90 Å². The maximum atomic E-state index is 11.7. The van der Waals surface area contributed by atoms with Gasteiger partial charge in [0.1, 0.15) is 10.7 Å². The van der Waals surface area contributed by atoms with Gasteiger partial charge in [0.2, 0.25) is 0 Å². The molecule has 0 aliphatic rings. The van der Waals surface area contributed by atoms with Crippen LogP contribution in [0.3, 0.4) is 0 Å². The molecule has 0 bridgehead atoms.